The molecule has 4 rings (SSSR count). The van der Waals surface area contributed by atoms with Crippen LogP contribution in [0.15, 0.2) is 77.7 Å². The van der Waals surface area contributed by atoms with Crippen LogP contribution in [-0.2, 0) is 14.8 Å². The van der Waals surface area contributed by atoms with Gasteiger partial charge in [-0.05, 0) is 50.2 Å². The maximum Gasteiger partial charge on any atom is 0.271 e. The molecule has 1 unspecified atom stereocenters. The summed E-state index contributed by atoms with van der Waals surface area (Å²) in [5.41, 5.74) is -0.171. The third-order valence-corrected chi connectivity index (χ3v) is 7.74. The van der Waals surface area contributed by atoms with Crippen molar-refractivity contribution in [1.82, 2.24) is 5.32 Å². The van der Waals surface area contributed by atoms with Gasteiger partial charge in [0.2, 0.25) is 5.91 Å². The lowest BCUT2D eigenvalue weighted by Crippen LogP contribution is -2.45. The summed E-state index contributed by atoms with van der Waals surface area (Å²) in [4.78, 5) is 24.0. The molecule has 3 aromatic rings. The smallest absolute Gasteiger partial charge is 0.271 e. The first-order valence-electron chi connectivity index (χ1n) is 11.5. The summed E-state index contributed by atoms with van der Waals surface area (Å²) in [7, 11) is -2.69. The molecule has 0 saturated carbocycles. The summed E-state index contributed by atoms with van der Waals surface area (Å²) >= 11 is 0. The maximum absolute atomic E-state index is 13.6. The van der Waals surface area contributed by atoms with Gasteiger partial charge < -0.3 is 14.8 Å². The number of nitro groups is 1. The monoisotopic (exact) mass is 525 g/mol. The molecule has 0 aromatic heterocycles. The minimum Gasteiger partial charge on any atom is -0.497 e. The quantitative estimate of drug-likeness (QED) is 0.344. The Morgan fingerprint density at radius 2 is 1.86 bits per heavy atom. The van der Waals surface area contributed by atoms with Crippen molar-refractivity contribution >= 4 is 27.3 Å². The molecule has 1 heterocycles. The lowest BCUT2D eigenvalue weighted by molar-refractivity contribution is -0.384. The highest BCUT2D eigenvalue weighted by molar-refractivity contribution is 7.92. The Hall–Kier alpha value is -4.12. The molecule has 0 aliphatic carbocycles. The Morgan fingerprint density at radius 3 is 2.54 bits per heavy atom. The first-order chi connectivity index (χ1) is 17.5. The number of rotatable bonds is 8. The van der Waals surface area contributed by atoms with Crippen molar-refractivity contribution in [3.8, 4) is 11.5 Å². The van der Waals surface area contributed by atoms with E-state index in [4.69, 9.17) is 9.47 Å². The highest BCUT2D eigenvalue weighted by Gasteiger charge is 2.36. The summed E-state index contributed by atoms with van der Waals surface area (Å²) < 4.78 is 39.4. The van der Waals surface area contributed by atoms with Crippen molar-refractivity contribution in [3.63, 3.8) is 0 Å². The number of non-ortho nitro benzene ring substituents is 1. The number of amides is 1. The SMILES string of the molecule is COc1ccc2c(c1)C(NC(=O)CN(c1cccc([N+](=O)[O-])c1)S(=O)(=O)c1ccccc1)CC(C)(C)O2. The normalized spacial score (nSPS) is 16.1. The average Bonchev–Trinajstić information content (AvgIpc) is 2.87. The van der Waals surface area contributed by atoms with E-state index in [9.17, 15) is 23.3 Å². The summed E-state index contributed by atoms with van der Waals surface area (Å²) in [5.74, 6) is 0.600. The maximum atomic E-state index is 13.6. The average molecular weight is 526 g/mol. The van der Waals surface area contributed by atoms with Gasteiger partial charge in [-0.1, -0.05) is 24.3 Å². The van der Waals surface area contributed by atoms with E-state index in [2.05, 4.69) is 5.32 Å². The van der Waals surface area contributed by atoms with E-state index in [1.165, 1.54) is 37.4 Å². The van der Waals surface area contributed by atoms with Crippen LogP contribution in [0, 0.1) is 10.1 Å². The molecule has 3 aromatic carbocycles. The Labute approximate surface area is 215 Å². The van der Waals surface area contributed by atoms with Crippen LogP contribution in [0.3, 0.4) is 0 Å². The predicted octanol–water partition coefficient (Wildman–Crippen LogP) is 4.22. The van der Waals surface area contributed by atoms with Crippen molar-refractivity contribution in [1.29, 1.82) is 0 Å². The van der Waals surface area contributed by atoms with E-state index in [-0.39, 0.29) is 16.3 Å². The van der Waals surface area contributed by atoms with Gasteiger partial charge >= 0.3 is 0 Å². The summed E-state index contributed by atoms with van der Waals surface area (Å²) in [6, 6.07) is 17.6. The number of benzene rings is 3. The number of nitrogens with zero attached hydrogens (tertiary/aromatic N) is 2. The molecule has 11 heteroatoms. The van der Waals surface area contributed by atoms with Crippen LogP contribution in [0.4, 0.5) is 11.4 Å². The number of sulfonamides is 1. The zero-order chi connectivity index (χ0) is 26.8. The first kappa shape index (κ1) is 26.0. The van der Waals surface area contributed by atoms with Gasteiger partial charge in [0, 0.05) is 24.1 Å². The van der Waals surface area contributed by atoms with E-state index in [1.54, 1.807) is 36.4 Å². The van der Waals surface area contributed by atoms with Gasteiger partial charge in [0.15, 0.2) is 0 Å². The molecule has 1 amide bonds. The van der Waals surface area contributed by atoms with Gasteiger partial charge in [0.05, 0.1) is 28.7 Å². The summed E-state index contributed by atoms with van der Waals surface area (Å²) in [6.07, 6.45) is 0.432. The Kier molecular flexibility index (Phi) is 7.08. The lowest BCUT2D eigenvalue weighted by Gasteiger charge is -2.38. The number of anilines is 1. The lowest BCUT2D eigenvalue weighted by atomic mass is 9.89. The largest absolute Gasteiger partial charge is 0.497 e. The number of hydrogen-bond donors (Lipinski definition) is 1. The number of fused-ring (bicyclic) bond motifs is 1. The second-order valence-electron chi connectivity index (χ2n) is 9.19. The topological polar surface area (TPSA) is 128 Å². The number of carbonyl (C=O) groups is 1. The van der Waals surface area contributed by atoms with Crippen LogP contribution in [0.5, 0.6) is 11.5 Å². The molecule has 1 N–H and O–H groups in total. The van der Waals surface area contributed by atoms with E-state index in [1.807, 2.05) is 13.8 Å². The molecular formula is C26H27N3O7S. The van der Waals surface area contributed by atoms with E-state index >= 15 is 0 Å². The molecule has 1 atom stereocenters. The fraction of sp³-hybridized carbons (Fsp3) is 0.269. The number of hydrogen-bond acceptors (Lipinski definition) is 7. The Bertz CT molecular complexity index is 1430. The predicted molar refractivity (Wildman–Crippen MR) is 137 cm³/mol. The second kappa shape index (κ2) is 10.1. The second-order valence-corrected chi connectivity index (χ2v) is 11.1. The van der Waals surface area contributed by atoms with Gasteiger partial charge in [-0.15, -0.1) is 0 Å². The molecule has 10 nitrogen and oxygen atoms in total. The molecular weight excluding hydrogens is 498 g/mol. The van der Waals surface area contributed by atoms with Crippen LogP contribution in [0.25, 0.3) is 0 Å². The first-order valence-corrected chi connectivity index (χ1v) is 12.9. The van der Waals surface area contributed by atoms with Crippen molar-refractivity contribution in [2.45, 2.75) is 36.8 Å². The number of nitrogens with one attached hydrogen (secondary N) is 1. The number of ether oxygens (including phenoxy) is 2. The molecule has 37 heavy (non-hydrogen) atoms. The molecule has 0 radical (unpaired) electrons. The van der Waals surface area contributed by atoms with Crippen LogP contribution in [-0.4, -0.2) is 38.5 Å². The summed E-state index contributed by atoms with van der Waals surface area (Å²) in [6.45, 7) is 3.21. The zero-order valence-electron chi connectivity index (χ0n) is 20.6. The third kappa shape index (κ3) is 5.67. The van der Waals surface area contributed by atoms with Crippen LogP contribution in [0.2, 0.25) is 0 Å². The molecule has 1 aliphatic heterocycles. The van der Waals surface area contributed by atoms with Gasteiger partial charge in [-0.3, -0.25) is 19.2 Å². The van der Waals surface area contributed by atoms with Crippen molar-refractivity contribution in [3.05, 3.63) is 88.5 Å². The third-order valence-electron chi connectivity index (χ3n) is 5.96. The van der Waals surface area contributed by atoms with Gasteiger partial charge in [-0.25, -0.2) is 8.42 Å². The molecule has 1 aliphatic rings. The van der Waals surface area contributed by atoms with Gasteiger partial charge in [-0.2, -0.15) is 0 Å². The van der Waals surface area contributed by atoms with E-state index in [0.29, 0.717) is 23.5 Å². The van der Waals surface area contributed by atoms with Crippen molar-refractivity contribution in [2.75, 3.05) is 18.0 Å². The molecule has 194 valence electrons. The standard InChI is InChI=1S/C26H27N3O7S/c1-26(2)16-23(22-15-20(35-3)12-13-24(22)36-26)27-25(30)17-28(18-8-7-9-19(14-18)29(31)32)37(33,34)21-10-5-4-6-11-21/h4-15,23H,16-17H2,1-3H3,(H,27,30). The van der Waals surface area contributed by atoms with Crippen LogP contribution in [0.1, 0.15) is 31.9 Å². The van der Waals surface area contributed by atoms with Gasteiger partial charge in [0.25, 0.3) is 15.7 Å². The highest BCUT2D eigenvalue weighted by atomic mass is 32.2. The number of methoxy groups -OCH3 is 1. The molecule has 0 spiro atoms. The van der Waals surface area contributed by atoms with Crippen molar-refractivity contribution < 1.29 is 27.6 Å². The number of nitro benzene ring substituents is 1. The Balaban J connectivity index is 1.68. The minimum atomic E-state index is -4.22. The van der Waals surface area contributed by atoms with Crippen LogP contribution >= 0.6 is 0 Å². The van der Waals surface area contributed by atoms with E-state index in [0.717, 1.165) is 10.4 Å². The van der Waals surface area contributed by atoms with E-state index < -0.39 is 39.0 Å². The fourth-order valence-corrected chi connectivity index (χ4v) is 5.69. The zero-order valence-corrected chi connectivity index (χ0v) is 21.4. The molecule has 0 saturated heterocycles. The minimum absolute atomic E-state index is 0.00239. The number of carbonyl (C=O) groups excluding carboxylic acids is 1. The highest BCUT2D eigenvalue weighted by Crippen LogP contribution is 2.41. The van der Waals surface area contributed by atoms with Gasteiger partial charge in [0.1, 0.15) is 23.6 Å². The van der Waals surface area contributed by atoms with Crippen LogP contribution < -0.4 is 19.1 Å². The molecule has 0 fully saturated rings. The fourth-order valence-electron chi connectivity index (χ4n) is 4.26. The molecule has 0 bridgehead atoms. The summed E-state index contributed by atoms with van der Waals surface area (Å²) in [5, 5.41) is 14.3. The van der Waals surface area contributed by atoms with Crippen molar-refractivity contribution in [2.24, 2.45) is 0 Å². The Morgan fingerprint density at radius 1 is 1.14 bits per heavy atom.